The van der Waals surface area contributed by atoms with E-state index < -0.39 is 0 Å². The molecule has 24 heavy (non-hydrogen) atoms. The molecule has 2 N–H and O–H groups in total. The van der Waals surface area contributed by atoms with E-state index in [9.17, 15) is 4.79 Å². The molecule has 0 saturated heterocycles. The van der Waals surface area contributed by atoms with Gasteiger partial charge in [0, 0.05) is 18.2 Å². The first kappa shape index (κ1) is 14.8. The fourth-order valence-electron chi connectivity index (χ4n) is 2.72. The third-order valence-electron chi connectivity index (χ3n) is 3.80. The number of aromatic nitrogens is 3. The largest absolute Gasteiger partial charge is 0.492 e. The molecule has 3 aromatic rings. The van der Waals surface area contributed by atoms with Crippen LogP contribution in [-0.4, -0.2) is 27.2 Å². The fourth-order valence-corrected chi connectivity index (χ4v) is 2.95. The van der Waals surface area contributed by atoms with Crippen LogP contribution in [0.25, 0.3) is 5.65 Å². The van der Waals surface area contributed by atoms with E-state index >= 15 is 0 Å². The van der Waals surface area contributed by atoms with E-state index in [0.29, 0.717) is 29.4 Å². The van der Waals surface area contributed by atoms with Gasteiger partial charge in [-0.05, 0) is 18.2 Å². The van der Waals surface area contributed by atoms with Crippen LogP contribution in [0.2, 0.25) is 5.02 Å². The van der Waals surface area contributed by atoms with Crippen LogP contribution >= 0.6 is 11.6 Å². The number of halogens is 1. The van der Waals surface area contributed by atoms with Crippen LogP contribution in [0.5, 0.6) is 5.75 Å². The van der Waals surface area contributed by atoms with E-state index in [1.54, 1.807) is 16.8 Å². The molecule has 1 aliphatic rings. The lowest BCUT2D eigenvalue weighted by Crippen LogP contribution is -2.35. The summed E-state index contributed by atoms with van der Waals surface area (Å²) in [6, 6.07) is 10.5. The molecule has 1 atom stereocenters. The Hall–Kier alpha value is -2.80. The van der Waals surface area contributed by atoms with Gasteiger partial charge in [-0.15, -0.1) is 5.10 Å². The summed E-state index contributed by atoms with van der Waals surface area (Å²) in [7, 11) is 0. The van der Waals surface area contributed by atoms with Crippen molar-refractivity contribution in [3.63, 3.8) is 0 Å². The Morgan fingerprint density at radius 3 is 3.08 bits per heavy atom. The van der Waals surface area contributed by atoms with E-state index in [0.717, 1.165) is 5.56 Å². The van der Waals surface area contributed by atoms with Gasteiger partial charge >= 0.3 is 6.03 Å². The van der Waals surface area contributed by atoms with Crippen molar-refractivity contribution in [1.82, 2.24) is 19.9 Å². The van der Waals surface area contributed by atoms with Gasteiger partial charge in [-0.1, -0.05) is 29.8 Å². The van der Waals surface area contributed by atoms with Gasteiger partial charge in [0.25, 0.3) is 5.95 Å². The molecule has 122 valence electrons. The lowest BCUT2D eigenvalue weighted by atomic mass is 10.0. The highest BCUT2D eigenvalue weighted by atomic mass is 35.5. The molecule has 0 fully saturated rings. The predicted octanol–water partition coefficient (Wildman–Crippen LogP) is 3.03. The molecule has 7 nitrogen and oxygen atoms in total. The second kappa shape index (κ2) is 6.01. The van der Waals surface area contributed by atoms with Gasteiger partial charge in [0.05, 0.1) is 17.7 Å². The summed E-state index contributed by atoms with van der Waals surface area (Å²) in [5.41, 5.74) is 1.53. The Labute approximate surface area is 142 Å². The molecule has 1 aliphatic heterocycles. The van der Waals surface area contributed by atoms with Gasteiger partial charge in [-0.25, -0.2) is 9.31 Å². The topological polar surface area (TPSA) is 80.6 Å². The summed E-state index contributed by atoms with van der Waals surface area (Å²) in [5.74, 6) is 0.874. The van der Waals surface area contributed by atoms with Crippen LogP contribution in [0.15, 0.2) is 42.6 Å². The van der Waals surface area contributed by atoms with Gasteiger partial charge in [0.1, 0.15) is 5.75 Å². The lowest BCUT2D eigenvalue weighted by molar-refractivity contribution is 0.232. The minimum Gasteiger partial charge on any atom is -0.492 e. The summed E-state index contributed by atoms with van der Waals surface area (Å²) in [6.07, 6.45) is 2.43. The second-order valence-corrected chi connectivity index (χ2v) is 5.79. The number of pyridine rings is 1. The molecule has 0 radical (unpaired) electrons. The number of hydrogen-bond acceptors (Lipinski definition) is 4. The Morgan fingerprint density at radius 1 is 1.29 bits per heavy atom. The maximum Gasteiger partial charge on any atom is 0.322 e. The monoisotopic (exact) mass is 343 g/mol. The van der Waals surface area contributed by atoms with E-state index in [4.69, 9.17) is 16.3 Å². The van der Waals surface area contributed by atoms with Crippen LogP contribution in [0.4, 0.5) is 10.7 Å². The number of hydrogen-bond donors (Lipinski definition) is 2. The Kier molecular flexibility index (Phi) is 3.70. The van der Waals surface area contributed by atoms with Crippen LogP contribution < -0.4 is 15.4 Å². The quantitative estimate of drug-likeness (QED) is 0.749. The molecule has 0 aliphatic carbocycles. The highest BCUT2D eigenvalue weighted by Gasteiger charge is 2.25. The van der Waals surface area contributed by atoms with Gasteiger partial charge in [-0.2, -0.15) is 4.98 Å². The molecule has 4 rings (SSSR count). The number of anilines is 1. The maximum atomic E-state index is 12.3. The van der Waals surface area contributed by atoms with Crippen molar-refractivity contribution < 1.29 is 9.53 Å². The van der Waals surface area contributed by atoms with Gasteiger partial charge in [0.15, 0.2) is 5.65 Å². The Morgan fingerprint density at radius 2 is 2.21 bits per heavy atom. The van der Waals surface area contributed by atoms with Crippen molar-refractivity contribution >= 4 is 29.2 Å². The second-order valence-electron chi connectivity index (χ2n) is 5.39. The van der Waals surface area contributed by atoms with Crippen molar-refractivity contribution in [3.8, 4) is 5.75 Å². The van der Waals surface area contributed by atoms with Crippen molar-refractivity contribution in [2.24, 2.45) is 0 Å². The number of rotatable bonds is 2. The maximum absolute atomic E-state index is 12.3. The zero-order valence-corrected chi connectivity index (χ0v) is 13.3. The smallest absolute Gasteiger partial charge is 0.322 e. The zero-order chi connectivity index (χ0) is 16.5. The van der Waals surface area contributed by atoms with Crippen LogP contribution in [-0.2, 0) is 0 Å². The normalized spacial score (nSPS) is 16.3. The predicted molar refractivity (Wildman–Crippen MR) is 89.4 cm³/mol. The average molecular weight is 344 g/mol. The molecule has 1 aromatic carbocycles. The third-order valence-corrected chi connectivity index (χ3v) is 4.10. The van der Waals surface area contributed by atoms with E-state index in [1.807, 2.05) is 30.3 Å². The summed E-state index contributed by atoms with van der Waals surface area (Å²) < 4.78 is 7.19. The zero-order valence-electron chi connectivity index (χ0n) is 12.6. The fraction of sp³-hybridized carbons (Fsp3) is 0.188. The van der Waals surface area contributed by atoms with Crippen molar-refractivity contribution in [2.75, 3.05) is 11.9 Å². The molecule has 0 spiro atoms. The molecule has 8 heteroatoms. The van der Waals surface area contributed by atoms with E-state index in [-0.39, 0.29) is 18.0 Å². The molecule has 2 amide bonds. The minimum atomic E-state index is -0.372. The standard InChI is InChI=1S/C16H14ClN5O2/c17-11-5-3-4-10-12(7-9-24-14(10)11)18-16(23)20-15-19-13-6-1-2-8-22(13)21-15/h1-6,8,12H,7,9H2,(H2,18,20,21,23)/t12-/m1/s1. The number of benzene rings is 1. The van der Waals surface area contributed by atoms with Crippen molar-refractivity contribution in [1.29, 1.82) is 0 Å². The number of amides is 2. The van der Waals surface area contributed by atoms with Gasteiger partial charge < -0.3 is 10.1 Å². The molecule has 0 bridgehead atoms. The first-order chi connectivity index (χ1) is 11.7. The number of carbonyl (C=O) groups excluding carboxylic acids is 1. The number of para-hydroxylation sites is 1. The summed E-state index contributed by atoms with van der Waals surface area (Å²) >= 11 is 6.14. The Balaban J connectivity index is 1.50. The van der Waals surface area contributed by atoms with Crippen LogP contribution in [0.3, 0.4) is 0 Å². The minimum absolute atomic E-state index is 0.176. The van der Waals surface area contributed by atoms with Crippen LogP contribution in [0.1, 0.15) is 18.0 Å². The molecule has 3 heterocycles. The first-order valence-electron chi connectivity index (χ1n) is 7.51. The summed E-state index contributed by atoms with van der Waals surface area (Å²) in [4.78, 5) is 16.5. The molecular formula is C16H14ClN5O2. The van der Waals surface area contributed by atoms with Crippen LogP contribution in [0, 0.1) is 0 Å². The molecule has 0 unspecified atom stereocenters. The molecule has 0 saturated carbocycles. The van der Waals surface area contributed by atoms with Crippen molar-refractivity contribution in [2.45, 2.75) is 12.5 Å². The first-order valence-corrected chi connectivity index (χ1v) is 7.88. The summed E-state index contributed by atoms with van der Waals surface area (Å²) in [5, 5.41) is 10.3. The number of nitrogens with one attached hydrogen (secondary N) is 2. The van der Waals surface area contributed by atoms with E-state index in [1.165, 1.54) is 0 Å². The number of urea groups is 1. The SMILES string of the molecule is O=C(Nc1nc2ccccn2n1)N[C@@H]1CCOc2c(Cl)cccc21. The van der Waals surface area contributed by atoms with Gasteiger partial charge in [0.2, 0.25) is 0 Å². The third kappa shape index (κ3) is 2.74. The number of ether oxygens (including phenoxy) is 1. The number of nitrogens with zero attached hydrogens (tertiary/aromatic N) is 3. The summed E-state index contributed by atoms with van der Waals surface area (Å²) in [6.45, 7) is 0.494. The van der Waals surface area contributed by atoms with Gasteiger partial charge in [-0.3, -0.25) is 5.32 Å². The molecule has 2 aromatic heterocycles. The highest BCUT2D eigenvalue weighted by Crippen LogP contribution is 2.37. The van der Waals surface area contributed by atoms with E-state index in [2.05, 4.69) is 20.7 Å². The Bertz CT molecular complexity index is 877. The average Bonchev–Trinajstić information content (AvgIpc) is 2.98. The highest BCUT2D eigenvalue weighted by molar-refractivity contribution is 6.32. The van der Waals surface area contributed by atoms with Crippen molar-refractivity contribution in [3.05, 3.63) is 53.2 Å². The molecular weight excluding hydrogens is 330 g/mol. The lowest BCUT2D eigenvalue weighted by Gasteiger charge is -2.27. The number of fused-ring (bicyclic) bond motifs is 2. The number of carbonyl (C=O) groups is 1.